The van der Waals surface area contributed by atoms with Crippen LogP contribution in [0, 0.1) is 0 Å². The molecule has 4 aromatic carbocycles. The molecule has 0 saturated carbocycles. The van der Waals surface area contributed by atoms with E-state index in [0.29, 0.717) is 5.75 Å². The van der Waals surface area contributed by atoms with E-state index in [0.717, 1.165) is 15.6 Å². The number of amides is 1. The number of hydrazone groups is 1. The minimum Gasteiger partial charge on any atom is -0.497 e. The highest BCUT2D eigenvalue weighted by atomic mass is 79.9. The summed E-state index contributed by atoms with van der Waals surface area (Å²) in [5, 5.41) is 4.06. The topological polar surface area (TPSA) is 88.1 Å². The zero-order chi connectivity index (χ0) is 26.3. The minimum atomic E-state index is -4.05. The van der Waals surface area contributed by atoms with Crippen LogP contribution in [0.25, 0.3) is 0 Å². The highest BCUT2D eigenvalue weighted by Crippen LogP contribution is 2.30. The summed E-state index contributed by atoms with van der Waals surface area (Å²) < 4.78 is 35.0. The van der Waals surface area contributed by atoms with Crippen molar-refractivity contribution in [3.05, 3.63) is 124 Å². The number of benzene rings is 4. The maximum Gasteiger partial charge on any atom is 0.273 e. The molecule has 0 aromatic heterocycles. The van der Waals surface area contributed by atoms with Crippen molar-refractivity contribution in [2.24, 2.45) is 5.10 Å². The molecule has 0 bridgehead atoms. The Balaban J connectivity index is 1.70. The van der Waals surface area contributed by atoms with Gasteiger partial charge in [-0.1, -0.05) is 70.5 Å². The van der Waals surface area contributed by atoms with Gasteiger partial charge in [-0.3, -0.25) is 9.10 Å². The van der Waals surface area contributed by atoms with Crippen molar-refractivity contribution in [1.82, 2.24) is 5.43 Å². The van der Waals surface area contributed by atoms with E-state index in [-0.39, 0.29) is 22.7 Å². The standard InChI is InChI=1S/C28H24BrN3O4S/c1-36-24-14-16-25(17-15-24)37(34,35)32(20-21-8-3-2-4-9-21)27-13-6-5-12-26(27)28(33)31-30-19-22-10-7-11-23(29)18-22/h2-19H,20H2,1H3,(H,31,33)/b30-19-. The van der Waals surface area contributed by atoms with Crippen molar-refractivity contribution in [3.63, 3.8) is 0 Å². The molecule has 0 saturated heterocycles. The number of carbonyl (C=O) groups is 1. The van der Waals surface area contributed by atoms with Crippen molar-refractivity contribution < 1.29 is 17.9 Å². The second kappa shape index (κ2) is 11.9. The van der Waals surface area contributed by atoms with Gasteiger partial charge < -0.3 is 4.74 Å². The first-order chi connectivity index (χ1) is 17.9. The second-order valence-corrected chi connectivity index (χ2v) is 10.7. The van der Waals surface area contributed by atoms with Crippen molar-refractivity contribution in [3.8, 4) is 5.75 Å². The Labute approximate surface area is 224 Å². The summed E-state index contributed by atoms with van der Waals surface area (Å²) in [6.07, 6.45) is 1.51. The first-order valence-electron chi connectivity index (χ1n) is 11.3. The summed E-state index contributed by atoms with van der Waals surface area (Å²) in [4.78, 5) is 13.2. The number of nitrogens with one attached hydrogen (secondary N) is 1. The maximum absolute atomic E-state index is 13.9. The van der Waals surface area contributed by atoms with Crippen LogP contribution >= 0.6 is 15.9 Å². The summed E-state index contributed by atoms with van der Waals surface area (Å²) >= 11 is 3.40. The van der Waals surface area contributed by atoms with E-state index in [2.05, 4.69) is 26.5 Å². The van der Waals surface area contributed by atoms with E-state index in [1.54, 1.807) is 36.4 Å². The molecular weight excluding hydrogens is 554 g/mol. The summed E-state index contributed by atoms with van der Waals surface area (Å²) in [6.45, 7) is 0.0286. The Hall–Kier alpha value is -3.95. The average molecular weight is 578 g/mol. The third-order valence-corrected chi connectivity index (χ3v) is 7.73. The molecule has 0 radical (unpaired) electrons. The van der Waals surface area contributed by atoms with Gasteiger partial charge in [0, 0.05) is 4.47 Å². The van der Waals surface area contributed by atoms with E-state index in [4.69, 9.17) is 4.74 Å². The Morgan fingerprint density at radius 2 is 1.65 bits per heavy atom. The second-order valence-electron chi connectivity index (χ2n) is 7.94. The fourth-order valence-corrected chi connectivity index (χ4v) is 5.51. The molecule has 0 aliphatic carbocycles. The molecule has 188 valence electrons. The molecule has 1 amide bonds. The molecule has 0 unspecified atom stereocenters. The predicted octanol–water partition coefficient (Wildman–Crippen LogP) is 5.62. The Kier molecular flexibility index (Phi) is 8.37. The van der Waals surface area contributed by atoms with Crippen LogP contribution in [0.1, 0.15) is 21.5 Å². The summed E-state index contributed by atoms with van der Waals surface area (Å²) in [5.41, 5.74) is 4.47. The van der Waals surface area contributed by atoms with Crippen molar-refractivity contribution >= 4 is 43.8 Å². The van der Waals surface area contributed by atoms with Gasteiger partial charge in [0.15, 0.2) is 0 Å². The van der Waals surface area contributed by atoms with Gasteiger partial charge in [-0.25, -0.2) is 13.8 Å². The molecule has 0 fully saturated rings. The molecule has 1 N–H and O–H groups in total. The number of hydrogen-bond acceptors (Lipinski definition) is 5. The van der Waals surface area contributed by atoms with Crippen LogP contribution in [-0.2, 0) is 16.6 Å². The third-order valence-electron chi connectivity index (χ3n) is 5.46. The number of nitrogens with zero attached hydrogens (tertiary/aromatic N) is 2. The van der Waals surface area contributed by atoms with E-state index < -0.39 is 15.9 Å². The van der Waals surface area contributed by atoms with Gasteiger partial charge in [0.25, 0.3) is 15.9 Å². The van der Waals surface area contributed by atoms with Gasteiger partial charge in [0.05, 0.1) is 36.0 Å². The molecule has 0 spiro atoms. The Morgan fingerprint density at radius 3 is 2.35 bits per heavy atom. The van der Waals surface area contributed by atoms with Crippen LogP contribution in [-0.4, -0.2) is 27.6 Å². The largest absolute Gasteiger partial charge is 0.497 e. The van der Waals surface area contributed by atoms with E-state index in [9.17, 15) is 13.2 Å². The number of para-hydroxylation sites is 1. The lowest BCUT2D eigenvalue weighted by atomic mass is 10.1. The number of rotatable bonds is 9. The Morgan fingerprint density at radius 1 is 0.946 bits per heavy atom. The number of sulfonamides is 1. The average Bonchev–Trinajstić information content (AvgIpc) is 2.92. The molecular formula is C28H24BrN3O4S. The quantitative estimate of drug-likeness (QED) is 0.206. The number of methoxy groups -OCH3 is 1. The molecule has 4 rings (SSSR count). The number of ether oxygens (including phenoxy) is 1. The summed E-state index contributed by atoms with van der Waals surface area (Å²) in [7, 11) is -2.53. The van der Waals surface area contributed by atoms with Gasteiger partial charge in [0.2, 0.25) is 0 Å². The molecule has 0 heterocycles. The van der Waals surface area contributed by atoms with Gasteiger partial charge in [-0.2, -0.15) is 5.10 Å². The highest BCUT2D eigenvalue weighted by Gasteiger charge is 2.28. The third kappa shape index (κ3) is 6.44. The van der Waals surface area contributed by atoms with Gasteiger partial charge in [0.1, 0.15) is 5.75 Å². The van der Waals surface area contributed by atoms with Crippen LogP contribution in [0.3, 0.4) is 0 Å². The maximum atomic E-state index is 13.9. The zero-order valence-electron chi connectivity index (χ0n) is 19.9. The van der Waals surface area contributed by atoms with Crippen molar-refractivity contribution in [2.45, 2.75) is 11.4 Å². The first kappa shape index (κ1) is 26.1. The molecule has 9 heteroatoms. The Bertz CT molecular complexity index is 1510. The lowest BCUT2D eigenvalue weighted by molar-refractivity contribution is 0.0955. The molecule has 0 atom stereocenters. The van der Waals surface area contributed by atoms with E-state index >= 15 is 0 Å². The highest BCUT2D eigenvalue weighted by molar-refractivity contribution is 9.10. The molecule has 0 aliphatic heterocycles. The van der Waals surface area contributed by atoms with E-state index in [1.165, 1.54) is 29.8 Å². The minimum absolute atomic E-state index is 0.0286. The van der Waals surface area contributed by atoms with Crippen LogP contribution in [0.5, 0.6) is 5.75 Å². The summed E-state index contributed by atoms with van der Waals surface area (Å²) in [5.74, 6) is 0.00137. The summed E-state index contributed by atoms with van der Waals surface area (Å²) in [6, 6.07) is 29.3. The number of anilines is 1. The molecule has 4 aromatic rings. The number of hydrogen-bond donors (Lipinski definition) is 1. The van der Waals surface area contributed by atoms with E-state index in [1.807, 2.05) is 54.6 Å². The number of carbonyl (C=O) groups excluding carboxylic acids is 1. The monoisotopic (exact) mass is 577 g/mol. The van der Waals surface area contributed by atoms with Crippen molar-refractivity contribution in [2.75, 3.05) is 11.4 Å². The normalized spacial score (nSPS) is 11.3. The van der Waals surface area contributed by atoms with Crippen molar-refractivity contribution in [1.29, 1.82) is 0 Å². The van der Waals surface area contributed by atoms with Gasteiger partial charge in [-0.05, 0) is 59.7 Å². The van der Waals surface area contributed by atoms with Crippen LogP contribution in [0.2, 0.25) is 0 Å². The van der Waals surface area contributed by atoms with Gasteiger partial charge in [-0.15, -0.1) is 0 Å². The lowest BCUT2D eigenvalue weighted by Gasteiger charge is -2.26. The van der Waals surface area contributed by atoms with Crippen LogP contribution in [0.15, 0.2) is 118 Å². The fraction of sp³-hybridized carbons (Fsp3) is 0.0714. The van der Waals surface area contributed by atoms with Gasteiger partial charge >= 0.3 is 0 Å². The van der Waals surface area contributed by atoms with Crippen LogP contribution < -0.4 is 14.5 Å². The lowest BCUT2D eigenvalue weighted by Crippen LogP contribution is -2.33. The number of halogens is 1. The first-order valence-corrected chi connectivity index (χ1v) is 13.5. The molecule has 37 heavy (non-hydrogen) atoms. The predicted molar refractivity (Wildman–Crippen MR) is 148 cm³/mol. The fourth-order valence-electron chi connectivity index (χ4n) is 3.62. The smallest absolute Gasteiger partial charge is 0.273 e. The molecule has 7 nitrogen and oxygen atoms in total. The SMILES string of the molecule is COc1ccc(S(=O)(=O)N(Cc2ccccc2)c2ccccc2C(=O)N/N=C\c2cccc(Br)c2)cc1. The van der Waals surface area contributed by atoms with Crippen LogP contribution in [0.4, 0.5) is 5.69 Å². The molecule has 0 aliphatic rings. The zero-order valence-corrected chi connectivity index (χ0v) is 22.3.